The van der Waals surface area contributed by atoms with Crippen LogP contribution in [0.1, 0.15) is 40.0 Å². The van der Waals surface area contributed by atoms with Gasteiger partial charge >= 0.3 is 11.9 Å². The Hall–Kier alpha value is -0.660. The first-order valence-electron chi connectivity index (χ1n) is 8.31. The normalized spacial score (nSPS) is 23.1. The highest BCUT2D eigenvalue weighted by Crippen LogP contribution is 2.44. The predicted molar refractivity (Wildman–Crippen MR) is 101 cm³/mol. The van der Waals surface area contributed by atoms with Crippen LogP contribution in [0.2, 0.25) is 0 Å². The van der Waals surface area contributed by atoms with E-state index in [2.05, 4.69) is 32.7 Å². The Bertz CT molecular complexity index is 456. The van der Waals surface area contributed by atoms with Crippen LogP contribution in [0.25, 0.3) is 0 Å². The summed E-state index contributed by atoms with van der Waals surface area (Å²) < 4.78 is 0. The lowest BCUT2D eigenvalue weighted by atomic mass is 9.63. The highest BCUT2D eigenvalue weighted by atomic mass is 33.1. The lowest BCUT2D eigenvalue weighted by Gasteiger charge is -2.48. The van der Waals surface area contributed by atoms with Gasteiger partial charge < -0.3 is 15.5 Å². The van der Waals surface area contributed by atoms with Crippen molar-refractivity contribution in [1.29, 1.82) is 0 Å². The second-order valence-electron chi connectivity index (χ2n) is 6.94. The molecule has 24 heavy (non-hydrogen) atoms. The number of carboxylic acid groups (broad SMARTS) is 2. The maximum atomic E-state index is 11.5. The second kappa shape index (κ2) is 9.73. The van der Waals surface area contributed by atoms with Crippen molar-refractivity contribution in [2.24, 2.45) is 17.3 Å². The highest BCUT2D eigenvalue weighted by molar-refractivity contribution is 8.76. The zero-order chi connectivity index (χ0) is 18.3. The first-order chi connectivity index (χ1) is 11.2. The monoisotopic (exact) mass is 375 g/mol. The second-order valence-corrected chi connectivity index (χ2v) is 9.49. The van der Waals surface area contributed by atoms with Crippen LogP contribution in [-0.4, -0.2) is 45.7 Å². The molecular weight excluding hydrogens is 346 g/mol. The minimum Gasteiger partial charge on any atom is -0.481 e. The molecule has 0 amide bonds. The fourth-order valence-electron chi connectivity index (χ4n) is 2.82. The van der Waals surface area contributed by atoms with Gasteiger partial charge in [0.25, 0.3) is 0 Å². The third kappa shape index (κ3) is 6.01. The van der Waals surface area contributed by atoms with Crippen LogP contribution in [-0.2, 0) is 9.59 Å². The van der Waals surface area contributed by atoms with E-state index in [-0.39, 0.29) is 11.5 Å². The molecule has 0 aromatic carbocycles. The van der Waals surface area contributed by atoms with Crippen molar-refractivity contribution in [2.75, 3.05) is 11.5 Å². The quantitative estimate of drug-likeness (QED) is 0.273. The summed E-state index contributed by atoms with van der Waals surface area (Å²) >= 11 is 0. The molecule has 5 nitrogen and oxygen atoms in total. The van der Waals surface area contributed by atoms with E-state index in [0.717, 1.165) is 19.3 Å². The molecule has 138 valence electrons. The van der Waals surface area contributed by atoms with Crippen molar-refractivity contribution >= 4 is 33.5 Å². The fourth-order valence-corrected chi connectivity index (χ4v) is 5.24. The van der Waals surface area contributed by atoms with Crippen molar-refractivity contribution in [3.05, 3.63) is 12.7 Å². The lowest BCUT2D eigenvalue weighted by molar-refractivity contribution is -0.140. The van der Waals surface area contributed by atoms with Gasteiger partial charge in [-0.25, -0.2) is 0 Å². The first-order valence-corrected chi connectivity index (χ1v) is 10.8. The van der Waals surface area contributed by atoms with E-state index in [4.69, 9.17) is 5.11 Å². The van der Waals surface area contributed by atoms with E-state index >= 15 is 0 Å². The topological polar surface area (TPSA) is 86.6 Å². The molecule has 0 aromatic rings. The molecule has 1 fully saturated rings. The van der Waals surface area contributed by atoms with Gasteiger partial charge in [0.1, 0.15) is 6.04 Å². The summed E-state index contributed by atoms with van der Waals surface area (Å²) in [5, 5.41) is 21.7. The Morgan fingerprint density at radius 2 is 1.88 bits per heavy atom. The number of rotatable bonds is 12. The van der Waals surface area contributed by atoms with E-state index in [1.54, 1.807) is 0 Å². The van der Waals surface area contributed by atoms with E-state index in [9.17, 15) is 14.7 Å². The summed E-state index contributed by atoms with van der Waals surface area (Å²) in [7, 11) is 2.79. The van der Waals surface area contributed by atoms with Gasteiger partial charge in [-0.05, 0) is 24.2 Å². The van der Waals surface area contributed by atoms with Gasteiger partial charge in [0.2, 0.25) is 0 Å². The van der Waals surface area contributed by atoms with Gasteiger partial charge in [-0.15, -0.1) is 6.58 Å². The molecule has 4 unspecified atom stereocenters. The predicted octanol–water partition coefficient (Wildman–Crippen LogP) is 3.51. The van der Waals surface area contributed by atoms with Crippen molar-refractivity contribution in [3.8, 4) is 0 Å². The zero-order valence-corrected chi connectivity index (χ0v) is 16.3. The van der Waals surface area contributed by atoms with Gasteiger partial charge in [0.05, 0.1) is 5.92 Å². The number of carboxylic acids is 2. The van der Waals surface area contributed by atoms with Crippen molar-refractivity contribution in [2.45, 2.75) is 52.1 Å². The molecule has 4 atom stereocenters. The Balaban J connectivity index is 2.44. The smallest absolute Gasteiger partial charge is 0.321 e. The minimum atomic E-state index is -0.898. The minimum absolute atomic E-state index is 0.222. The van der Waals surface area contributed by atoms with Gasteiger partial charge in [-0.3, -0.25) is 9.59 Å². The Kier molecular flexibility index (Phi) is 8.67. The van der Waals surface area contributed by atoms with Gasteiger partial charge in [0, 0.05) is 17.5 Å². The molecule has 3 N–H and O–H groups in total. The van der Waals surface area contributed by atoms with Crippen LogP contribution >= 0.6 is 21.6 Å². The summed E-state index contributed by atoms with van der Waals surface area (Å²) in [6, 6.07) is -0.346. The SMILES string of the molecule is C=CC(CSSCC(NC1CCC1C(C)(C)CC)C(=O)O)C(=O)O. The van der Waals surface area contributed by atoms with Crippen molar-refractivity contribution in [3.63, 3.8) is 0 Å². The van der Waals surface area contributed by atoms with Crippen molar-refractivity contribution in [1.82, 2.24) is 5.32 Å². The van der Waals surface area contributed by atoms with Crippen LogP contribution in [0.5, 0.6) is 0 Å². The molecule has 0 aliphatic heterocycles. The van der Waals surface area contributed by atoms with Gasteiger partial charge in [0.15, 0.2) is 0 Å². The van der Waals surface area contributed by atoms with E-state index in [1.807, 2.05) is 0 Å². The largest absolute Gasteiger partial charge is 0.481 e. The third-order valence-corrected chi connectivity index (χ3v) is 7.52. The van der Waals surface area contributed by atoms with Crippen LogP contribution in [0.3, 0.4) is 0 Å². The van der Waals surface area contributed by atoms with E-state index in [0.29, 0.717) is 17.4 Å². The van der Waals surface area contributed by atoms with E-state index < -0.39 is 23.9 Å². The lowest BCUT2D eigenvalue weighted by Crippen LogP contribution is -2.55. The molecule has 0 heterocycles. The summed E-state index contributed by atoms with van der Waals surface area (Å²) in [6.45, 7) is 10.2. The number of hydrogen-bond acceptors (Lipinski definition) is 5. The standard InChI is InChI=1S/C17H29NO4S2/c1-5-11(15(19)20)9-23-24-10-14(16(21)22)18-13-8-7-12(13)17(3,4)6-2/h5,11-14,18H,1,6-10H2,2-4H3,(H,19,20)(H,21,22). The number of aliphatic carboxylic acids is 2. The van der Waals surface area contributed by atoms with E-state index in [1.165, 1.54) is 27.7 Å². The van der Waals surface area contributed by atoms with Crippen LogP contribution in [0.4, 0.5) is 0 Å². The molecule has 1 rings (SSSR count). The highest BCUT2D eigenvalue weighted by Gasteiger charge is 2.42. The summed E-state index contributed by atoms with van der Waals surface area (Å²) in [4.78, 5) is 22.4. The van der Waals surface area contributed by atoms with Crippen LogP contribution < -0.4 is 5.32 Å². The Labute approximate surface area is 152 Å². The summed E-state index contributed by atoms with van der Waals surface area (Å²) in [5.74, 6) is -1.02. The first kappa shape index (κ1) is 21.4. The average Bonchev–Trinajstić information content (AvgIpc) is 2.47. The zero-order valence-electron chi connectivity index (χ0n) is 14.7. The average molecular weight is 376 g/mol. The molecule has 0 bridgehead atoms. The third-order valence-electron chi connectivity index (χ3n) is 5.07. The number of hydrogen-bond donors (Lipinski definition) is 3. The maximum absolute atomic E-state index is 11.5. The van der Waals surface area contributed by atoms with Gasteiger partial charge in [-0.1, -0.05) is 54.9 Å². The van der Waals surface area contributed by atoms with Crippen LogP contribution in [0, 0.1) is 17.3 Å². The molecular formula is C17H29NO4S2. The van der Waals surface area contributed by atoms with Crippen LogP contribution in [0.15, 0.2) is 12.7 Å². The number of nitrogens with one attached hydrogen (secondary N) is 1. The fraction of sp³-hybridized carbons (Fsp3) is 0.765. The summed E-state index contributed by atoms with van der Waals surface area (Å²) in [6.07, 6.45) is 4.66. The molecule has 1 aliphatic rings. The molecule has 0 radical (unpaired) electrons. The molecule has 0 saturated heterocycles. The molecule has 0 spiro atoms. The number of carbonyl (C=O) groups is 2. The van der Waals surface area contributed by atoms with Crippen molar-refractivity contribution < 1.29 is 19.8 Å². The maximum Gasteiger partial charge on any atom is 0.321 e. The molecule has 7 heteroatoms. The molecule has 0 aromatic heterocycles. The summed E-state index contributed by atoms with van der Waals surface area (Å²) in [5.41, 5.74) is 0.222. The van der Waals surface area contributed by atoms with Gasteiger partial charge in [-0.2, -0.15) is 0 Å². The molecule has 1 aliphatic carbocycles. The molecule has 1 saturated carbocycles. The Morgan fingerprint density at radius 1 is 1.25 bits per heavy atom. The Morgan fingerprint density at radius 3 is 2.29 bits per heavy atom.